The lowest BCUT2D eigenvalue weighted by Crippen LogP contribution is -2.38. The number of nitrogens with zero attached hydrogens (tertiary/aromatic N) is 6. The third kappa shape index (κ3) is 3.79. The van der Waals surface area contributed by atoms with Crippen molar-refractivity contribution in [3.05, 3.63) is 54.1 Å². The molecule has 0 aromatic carbocycles. The summed E-state index contributed by atoms with van der Waals surface area (Å²) in [5, 5.41) is 11.7. The smallest absolute Gasteiger partial charge is 0.255 e. The lowest BCUT2D eigenvalue weighted by molar-refractivity contribution is 0.0945. The van der Waals surface area contributed by atoms with Crippen molar-refractivity contribution in [3.63, 3.8) is 0 Å². The van der Waals surface area contributed by atoms with E-state index in [1.807, 2.05) is 37.1 Å². The van der Waals surface area contributed by atoms with Crippen LogP contribution in [-0.4, -0.2) is 64.2 Å². The number of rotatable bonds is 5. The Labute approximate surface area is 174 Å². The van der Waals surface area contributed by atoms with Gasteiger partial charge >= 0.3 is 0 Å². The number of amides is 1. The second-order valence-corrected chi connectivity index (χ2v) is 7.01. The van der Waals surface area contributed by atoms with Crippen LogP contribution in [-0.2, 0) is 0 Å². The zero-order valence-corrected chi connectivity index (χ0v) is 16.9. The molecule has 4 rings (SSSR count). The van der Waals surface area contributed by atoms with Gasteiger partial charge in [0, 0.05) is 44.8 Å². The minimum Gasteiger partial charge on any atom is -0.395 e. The summed E-state index contributed by atoms with van der Waals surface area (Å²) in [6.07, 6.45) is 4.98. The van der Waals surface area contributed by atoms with Gasteiger partial charge in [-0.1, -0.05) is 6.07 Å². The zero-order chi connectivity index (χ0) is 21.1. The summed E-state index contributed by atoms with van der Waals surface area (Å²) in [5.41, 5.74) is 3.59. The fourth-order valence-corrected chi connectivity index (χ4v) is 3.40. The number of hydrogen-bond acceptors (Lipinski definition) is 8. The number of aliphatic hydroxyl groups is 1. The number of likely N-dealkylation sites (N-methyl/N-ethyl adjacent to an activating group) is 1. The summed E-state index contributed by atoms with van der Waals surface area (Å²) in [6.45, 7) is 3.37. The first-order valence-electron chi connectivity index (χ1n) is 9.71. The van der Waals surface area contributed by atoms with Crippen LogP contribution >= 0.6 is 0 Å². The predicted molar refractivity (Wildman–Crippen MR) is 114 cm³/mol. The van der Waals surface area contributed by atoms with Crippen LogP contribution < -0.4 is 15.1 Å². The molecule has 9 nitrogen and oxygen atoms in total. The molecule has 0 fully saturated rings. The molecule has 1 aliphatic heterocycles. The van der Waals surface area contributed by atoms with E-state index in [0.717, 1.165) is 17.9 Å². The molecule has 4 heterocycles. The van der Waals surface area contributed by atoms with Crippen LogP contribution in [0.2, 0.25) is 0 Å². The van der Waals surface area contributed by atoms with Crippen LogP contribution in [0.3, 0.4) is 0 Å². The van der Waals surface area contributed by atoms with E-state index >= 15 is 0 Å². The van der Waals surface area contributed by atoms with E-state index in [1.165, 1.54) is 6.20 Å². The summed E-state index contributed by atoms with van der Waals surface area (Å²) in [6, 6.07) is 7.54. The summed E-state index contributed by atoms with van der Waals surface area (Å²) in [5.74, 6) is 0.944. The standard InChI is InChI=1S/C21H23N7O2/c1-14-4-3-5-16(25-14)19-24-13-18-20(26-19)28(10-9-27(18)2)17-6-7-22-12-15(17)21(30)23-8-11-29/h3-7,12-13,29H,8-11H2,1-2H3,(H,23,30). The van der Waals surface area contributed by atoms with Gasteiger partial charge in [0.15, 0.2) is 11.6 Å². The van der Waals surface area contributed by atoms with Crippen LogP contribution in [0.5, 0.6) is 0 Å². The predicted octanol–water partition coefficient (Wildman–Crippen LogP) is 1.55. The fourth-order valence-electron chi connectivity index (χ4n) is 3.40. The van der Waals surface area contributed by atoms with Crippen molar-refractivity contribution in [2.45, 2.75) is 6.92 Å². The molecule has 1 aliphatic rings. The number of anilines is 3. The maximum atomic E-state index is 12.6. The van der Waals surface area contributed by atoms with E-state index in [4.69, 9.17) is 10.1 Å². The van der Waals surface area contributed by atoms with Crippen molar-refractivity contribution in [2.75, 3.05) is 43.1 Å². The number of aromatic nitrogens is 4. The highest BCUT2D eigenvalue weighted by Gasteiger charge is 2.27. The number of fused-ring (bicyclic) bond motifs is 1. The van der Waals surface area contributed by atoms with E-state index < -0.39 is 0 Å². The van der Waals surface area contributed by atoms with Crippen molar-refractivity contribution in [1.29, 1.82) is 0 Å². The van der Waals surface area contributed by atoms with E-state index in [2.05, 4.69) is 25.2 Å². The molecule has 30 heavy (non-hydrogen) atoms. The van der Waals surface area contributed by atoms with Gasteiger partial charge in [0.05, 0.1) is 29.7 Å². The maximum Gasteiger partial charge on any atom is 0.255 e. The van der Waals surface area contributed by atoms with E-state index in [1.54, 1.807) is 18.5 Å². The Morgan fingerprint density at radius 3 is 2.83 bits per heavy atom. The van der Waals surface area contributed by atoms with E-state index in [9.17, 15) is 4.79 Å². The van der Waals surface area contributed by atoms with Gasteiger partial charge in [-0.05, 0) is 25.1 Å². The molecule has 0 aliphatic carbocycles. The monoisotopic (exact) mass is 405 g/mol. The highest BCUT2D eigenvalue weighted by Crippen LogP contribution is 2.37. The molecule has 0 atom stereocenters. The quantitative estimate of drug-likeness (QED) is 0.658. The average Bonchev–Trinajstić information content (AvgIpc) is 2.77. The van der Waals surface area contributed by atoms with Crippen molar-refractivity contribution >= 4 is 23.1 Å². The van der Waals surface area contributed by atoms with Crippen LogP contribution in [0.4, 0.5) is 17.2 Å². The molecule has 1 amide bonds. The SMILES string of the molecule is Cc1cccc(-c2ncc3c(n2)N(c2ccncc2C(=O)NCCO)CCN3C)n1. The normalized spacial score (nSPS) is 13.2. The third-order valence-corrected chi connectivity index (χ3v) is 4.92. The summed E-state index contributed by atoms with van der Waals surface area (Å²) in [4.78, 5) is 34.7. The summed E-state index contributed by atoms with van der Waals surface area (Å²) >= 11 is 0. The van der Waals surface area contributed by atoms with Crippen LogP contribution in [0, 0.1) is 6.92 Å². The highest BCUT2D eigenvalue weighted by molar-refractivity contribution is 6.00. The Hall–Kier alpha value is -3.59. The van der Waals surface area contributed by atoms with Crippen molar-refractivity contribution in [2.24, 2.45) is 0 Å². The summed E-state index contributed by atoms with van der Waals surface area (Å²) in [7, 11) is 1.99. The van der Waals surface area contributed by atoms with Gasteiger partial charge < -0.3 is 20.2 Å². The van der Waals surface area contributed by atoms with Crippen molar-refractivity contribution in [3.8, 4) is 11.5 Å². The zero-order valence-electron chi connectivity index (χ0n) is 16.9. The first-order valence-corrected chi connectivity index (χ1v) is 9.71. The molecule has 0 radical (unpaired) electrons. The second-order valence-electron chi connectivity index (χ2n) is 7.01. The molecule has 2 N–H and O–H groups in total. The Bertz CT molecular complexity index is 1070. The number of nitrogens with one attached hydrogen (secondary N) is 1. The Kier molecular flexibility index (Phi) is 5.53. The minimum atomic E-state index is -0.290. The van der Waals surface area contributed by atoms with E-state index in [-0.39, 0.29) is 19.1 Å². The molecule has 9 heteroatoms. The molecule has 3 aromatic rings. The van der Waals surface area contributed by atoms with Crippen LogP contribution in [0.15, 0.2) is 42.9 Å². The highest BCUT2D eigenvalue weighted by atomic mass is 16.3. The number of pyridine rings is 2. The first-order chi connectivity index (χ1) is 14.6. The molecule has 0 unspecified atom stereocenters. The van der Waals surface area contributed by atoms with Crippen molar-refractivity contribution < 1.29 is 9.90 Å². The van der Waals surface area contributed by atoms with Gasteiger partial charge in [-0.2, -0.15) is 0 Å². The fraction of sp³-hybridized carbons (Fsp3) is 0.286. The number of aryl methyl sites for hydroxylation is 1. The van der Waals surface area contributed by atoms with Gasteiger partial charge in [-0.15, -0.1) is 0 Å². The van der Waals surface area contributed by atoms with E-state index in [0.29, 0.717) is 35.1 Å². The van der Waals surface area contributed by atoms with Gasteiger partial charge in [-0.3, -0.25) is 9.78 Å². The number of aliphatic hydroxyl groups excluding tert-OH is 1. The Balaban J connectivity index is 1.79. The summed E-state index contributed by atoms with van der Waals surface area (Å²) < 4.78 is 0. The molecule has 0 saturated carbocycles. The maximum absolute atomic E-state index is 12.6. The largest absolute Gasteiger partial charge is 0.395 e. The lowest BCUT2D eigenvalue weighted by atomic mass is 10.1. The van der Waals surface area contributed by atoms with Gasteiger partial charge in [-0.25, -0.2) is 15.0 Å². The average molecular weight is 405 g/mol. The Morgan fingerprint density at radius 1 is 1.17 bits per heavy atom. The number of carbonyl (C=O) groups excluding carboxylic acids is 1. The van der Waals surface area contributed by atoms with Crippen LogP contribution in [0.1, 0.15) is 16.1 Å². The number of carbonyl (C=O) groups is 1. The van der Waals surface area contributed by atoms with Gasteiger partial charge in [0.25, 0.3) is 5.91 Å². The Morgan fingerprint density at radius 2 is 2.03 bits per heavy atom. The molecule has 154 valence electrons. The number of hydrogen-bond donors (Lipinski definition) is 2. The molecule has 3 aromatic heterocycles. The van der Waals surface area contributed by atoms with Crippen molar-refractivity contribution in [1.82, 2.24) is 25.3 Å². The molecular formula is C21H23N7O2. The lowest BCUT2D eigenvalue weighted by Gasteiger charge is -2.36. The first kappa shape index (κ1) is 19.7. The van der Waals surface area contributed by atoms with Gasteiger partial charge in [0.1, 0.15) is 5.69 Å². The topological polar surface area (TPSA) is 107 Å². The van der Waals surface area contributed by atoms with Gasteiger partial charge in [0.2, 0.25) is 0 Å². The minimum absolute atomic E-state index is 0.126. The second kappa shape index (κ2) is 8.42. The molecule has 0 spiro atoms. The third-order valence-electron chi connectivity index (χ3n) is 4.92. The van der Waals surface area contributed by atoms with Crippen LogP contribution in [0.25, 0.3) is 11.5 Å². The molecule has 0 saturated heterocycles. The molecule has 0 bridgehead atoms. The molecular weight excluding hydrogens is 382 g/mol.